The van der Waals surface area contributed by atoms with E-state index in [1.807, 2.05) is 0 Å². The van der Waals surface area contributed by atoms with Crippen LogP contribution in [-0.2, 0) is 61.6 Å². The van der Waals surface area contributed by atoms with Gasteiger partial charge in [0.05, 0.1) is 171 Å². The molecule has 1 fully saturated rings. The zero-order valence-corrected chi connectivity index (χ0v) is 28.0. The second-order valence-electron chi connectivity index (χ2n) is 9.86. The molecule has 1 saturated heterocycles. The van der Waals surface area contributed by atoms with Gasteiger partial charge in [0, 0.05) is 0 Å². The molecule has 0 radical (unpaired) electrons. The SMILES string of the molecule is FCCOCCOCCOCCOCCOCCOCCOCCOCCOCCOCCOCCOCCOC1CCNCC1. The van der Waals surface area contributed by atoms with Gasteiger partial charge in [-0.25, -0.2) is 4.39 Å². The molecule has 1 N–H and O–H groups in total. The lowest BCUT2D eigenvalue weighted by Crippen LogP contribution is -2.33. The highest BCUT2D eigenvalue weighted by Gasteiger charge is 2.12. The van der Waals surface area contributed by atoms with E-state index in [9.17, 15) is 4.39 Å². The Bertz CT molecular complexity index is 569. The van der Waals surface area contributed by atoms with Crippen molar-refractivity contribution in [3.63, 3.8) is 0 Å². The number of nitrogens with one attached hydrogen (secondary N) is 1. The fourth-order valence-electron chi connectivity index (χ4n) is 3.81. The van der Waals surface area contributed by atoms with Gasteiger partial charge in [0.25, 0.3) is 0 Å². The molecular formula is C31H62FNO13. The van der Waals surface area contributed by atoms with Gasteiger partial charge in [0.1, 0.15) is 6.67 Å². The molecule has 0 aliphatic carbocycles. The number of piperidine rings is 1. The van der Waals surface area contributed by atoms with E-state index in [2.05, 4.69) is 5.32 Å². The predicted octanol–water partition coefficient (Wildman–Crippen LogP) is 0.924. The van der Waals surface area contributed by atoms with Crippen LogP contribution in [0.3, 0.4) is 0 Å². The Balaban J connectivity index is 1.59. The smallest absolute Gasteiger partial charge is 0.113 e. The first-order valence-corrected chi connectivity index (χ1v) is 16.7. The monoisotopic (exact) mass is 675 g/mol. The number of ether oxygens (including phenoxy) is 13. The summed E-state index contributed by atoms with van der Waals surface area (Å²) < 4.78 is 82.5. The third-order valence-electron chi connectivity index (χ3n) is 6.18. The minimum atomic E-state index is -0.475. The average molecular weight is 676 g/mol. The topological polar surface area (TPSA) is 132 Å². The molecule has 46 heavy (non-hydrogen) atoms. The van der Waals surface area contributed by atoms with Crippen LogP contribution in [0, 0.1) is 0 Å². The maximum atomic E-state index is 11.8. The summed E-state index contributed by atoms with van der Waals surface area (Å²) in [6.07, 6.45) is 2.52. The van der Waals surface area contributed by atoms with Crippen molar-refractivity contribution in [1.29, 1.82) is 0 Å². The van der Waals surface area contributed by atoms with Crippen LogP contribution >= 0.6 is 0 Å². The van der Waals surface area contributed by atoms with Crippen molar-refractivity contribution in [3.8, 4) is 0 Å². The summed E-state index contributed by atoms with van der Waals surface area (Å²) in [5, 5.41) is 3.33. The third-order valence-corrected chi connectivity index (χ3v) is 6.18. The molecule has 0 aromatic rings. The maximum absolute atomic E-state index is 11.8. The fraction of sp³-hybridized carbons (Fsp3) is 1.00. The lowest BCUT2D eigenvalue weighted by atomic mass is 10.1. The second-order valence-corrected chi connectivity index (χ2v) is 9.86. The van der Waals surface area contributed by atoms with E-state index in [0.717, 1.165) is 25.9 Å². The van der Waals surface area contributed by atoms with Crippen LogP contribution in [0.15, 0.2) is 0 Å². The zero-order valence-electron chi connectivity index (χ0n) is 28.0. The van der Waals surface area contributed by atoms with Crippen LogP contribution in [-0.4, -0.2) is 191 Å². The summed E-state index contributed by atoms with van der Waals surface area (Å²) >= 11 is 0. The van der Waals surface area contributed by atoms with Crippen LogP contribution in [0.1, 0.15) is 12.8 Å². The number of hydrogen-bond acceptors (Lipinski definition) is 14. The van der Waals surface area contributed by atoms with Crippen molar-refractivity contribution in [1.82, 2.24) is 5.32 Å². The quantitative estimate of drug-likeness (QED) is 0.0927. The van der Waals surface area contributed by atoms with E-state index >= 15 is 0 Å². The van der Waals surface area contributed by atoms with Gasteiger partial charge in [-0.2, -0.15) is 0 Å². The Morgan fingerprint density at radius 2 is 0.543 bits per heavy atom. The normalized spacial score (nSPS) is 14.0. The maximum Gasteiger partial charge on any atom is 0.113 e. The van der Waals surface area contributed by atoms with Crippen molar-refractivity contribution < 1.29 is 66.0 Å². The zero-order chi connectivity index (χ0) is 32.7. The highest BCUT2D eigenvalue weighted by atomic mass is 19.1. The minimum absolute atomic E-state index is 0.113. The van der Waals surface area contributed by atoms with E-state index < -0.39 is 6.67 Å². The van der Waals surface area contributed by atoms with Gasteiger partial charge in [0.2, 0.25) is 0 Å². The summed E-state index contributed by atoms with van der Waals surface area (Å²) in [5.41, 5.74) is 0. The minimum Gasteiger partial charge on any atom is -0.377 e. The lowest BCUT2D eigenvalue weighted by molar-refractivity contribution is -0.0328. The van der Waals surface area contributed by atoms with Gasteiger partial charge in [-0.05, 0) is 25.9 Å². The van der Waals surface area contributed by atoms with E-state index in [0.29, 0.717) is 165 Å². The van der Waals surface area contributed by atoms with Crippen LogP contribution in [0.5, 0.6) is 0 Å². The molecule has 0 aromatic carbocycles. The molecule has 1 aliphatic rings. The Hall–Kier alpha value is -0.630. The number of hydrogen-bond donors (Lipinski definition) is 1. The van der Waals surface area contributed by atoms with E-state index in [1.165, 1.54) is 0 Å². The van der Waals surface area contributed by atoms with Crippen LogP contribution < -0.4 is 5.32 Å². The molecular weight excluding hydrogens is 613 g/mol. The largest absolute Gasteiger partial charge is 0.377 e. The van der Waals surface area contributed by atoms with Gasteiger partial charge in [-0.15, -0.1) is 0 Å². The van der Waals surface area contributed by atoms with Gasteiger partial charge in [0.15, 0.2) is 0 Å². The molecule has 276 valence electrons. The Kier molecular flexibility index (Phi) is 36.6. The summed E-state index contributed by atoms with van der Waals surface area (Å²) in [6.45, 7) is 13.9. The number of rotatable bonds is 39. The van der Waals surface area contributed by atoms with E-state index in [1.54, 1.807) is 0 Å². The Labute approximate surface area is 275 Å². The Morgan fingerprint density at radius 1 is 0.326 bits per heavy atom. The first-order valence-electron chi connectivity index (χ1n) is 16.7. The molecule has 15 heteroatoms. The molecule has 1 heterocycles. The highest BCUT2D eigenvalue weighted by molar-refractivity contribution is 4.67. The van der Waals surface area contributed by atoms with Crippen LogP contribution in [0.2, 0.25) is 0 Å². The second kappa shape index (κ2) is 38.8. The van der Waals surface area contributed by atoms with Crippen LogP contribution in [0.4, 0.5) is 4.39 Å². The third kappa shape index (κ3) is 34.7. The molecule has 0 aromatic heterocycles. The first kappa shape index (κ1) is 43.4. The van der Waals surface area contributed by atoms with E-state index in [-0.39, 0.29) is 6.61 Å². The standard InChI is InChI=1S/C31H62FNO13/c32-3-6-34-7-8-35-9-10-36-11-12-37-13-14-38-15-16-39-17-18-40-19-20-41-21-22-42-23-24-43-25-26-44-27-28-45-29-30-46-31-1-4-33-5-2-31/h31,33H,1-30H2. The lowest BCUT2D eigenvalue weighted by Gasteiger charge is -2.22. The van der Waals surface area contributed by atoms with Gasteiger partial charge in [-0.1, -0.05) is 0 Å². The molecule has 0 saturated carbocycles. The molecule has 14 nitrogen and oxygen atoms in total. The van der Waals surface area contributed by atoms with Crippen molar-refractivity contribution in [2.75, 3.05) is 185 Å². The van der Waals surface area contributed by atoms with Crippen molar-refractivity contribution >= 4 is 0 Å². The van der Waals surface area contributed by atoms with Gasteiger partial charge in [-0.3, -0.25) is 0 Å². The molecule has 1 aliphatic heterocycles. The van der Waals surface area contributed by atoms with Crippen molar-refractivity contribution in [2.45, 2.75) is 18.9 Å². The first-order chi connectivity index (χ1) is 22.9. The molecule has 0 bridgehead atoms. The van der Waals surface area contributed by atoms with Gasteiger partial charge >= 0.3 is 0 Å². The van der Waals surface area contributed by atoms with E-state index in [4.69, 9.17) is 61.6 Å². The molecule has 0 spiro atoms. The Morgan fingerprint density at radius 3 is 0.783 bits per heavy atom. The molecule has 1 rings (SSSR count). The summed E-state index contributed by atoms with van der Waals surface area (Å²) in [6, 6.07) is 0. The summed E-state index contributed by atoms with van der Waals surface area (Å²) in [5.74, 6) is 0. The average Bonchev–Trinajstić information content (AvgIpc) is 3.08. The van der Waals surface area contributed by atoms with Crippen molar-refractivity contribution in [2.24, 2.45) is 0 Å². The highest BCUT2D eigenvalue weighted by Crippen LogP contribution is 2.06. The van der Waals surface area contributed by atoms with Crippen molar-refractivity contribution in [3.05, 3.63) is 0 Å². The summed E-state index contributed by atoms with van der Waals surface area (Å²) in [7, 11) is 0. The summed E-state index contributed by atoms with van der Waals surface area (Å²) in [4.78, 5) is 0. The predicted molar refractivity (Wildman–Crippen MR) is 168 cm³/mol. The fourth-order valence-corrected chi connectivity index (χ4v) is 3.81. The van der Waals surface area contributed by atoms with Gasteiger partial charge < -0.3 is 66.9 Å². The molecule has 0 amide bonds. The molecule has 0 unspecified atom stereocenters. The number of halogens is 1. The number of alkyl halides is 1. The van der Waals surface area contributed by atoms with Crippen LogP contribution in [0.25, 0.3) is 0 Å². The molecule has 0 atom stereocenters.